The number of sulfonamides is 1. The Hall–Kier alpha value is -2.59. The van der Waals surface area contributed by atoms with Crippen molar-refractivity contribution in [3.63, 3.8) is 0 Å². The number of amides is 1. The number of nitrogens with one attached hydrogen (secondary N) is 2. The van der Waals surface area contributed by atoms with Gasteiger partial charge in [0, 0.05) is 10.7 Å². The van der Waals surface area contributed by atoms with Crippen LogP contribution in [0, 0.1) is 0 Å². The number of ether oxygens (including phenoxy) is 1. The van der Waals surface area contributed by atoms with Crippen LogP contribution in [0.25, 0.3) is 0 Å². The van der Waals surface area contributed by atoms with E-state index in [2.05, 4.69) is 10.0 Å². The molecule has 11 heteroatoms. The van der Waals surface area contributed by atoms with Crippen molar-refractivity contribution in [1.82, 2.24) is 0 Å². The van der Waals surface area contributed by atoms with Crippen LogP contribution < -0.4 is 10.0 Å². The number of hydrogen-bond acceptors (Lipinski definition) is 6. The van der Waals surface area contributed by atoms with Crippen molar-refractivity contribution in [1.29, 1.82) is 0 Å². The van der Waals surface area contributed by atoms with Crippen molar-refractivity contribution in [2.75, 3.05) is 10.0 Å². The third kappa shape index (κ3) is 5.98. The van der Waals surface area contributed by atoms with E-state index in [1.54, 1.807) is 17.5 Å². The van der Waals surface area contributed by atoms with Crippen molar-refractivity contribution < 1.29 is 22.7 Å². The van der Waals surface area contributed by atoms with Crippen LogP contribution in [-0.4, -0.2) is 26.4 Å². The van der Waals surface area contributed by atoms with Crippen LogP contribution >= 0.6 is 34.5 Å². The van der Waals surface area contributed by atoms with E-state index < -0.39 is 28.0 Å². The van der Waals surface area contributed by atoms with Gasteiger partial charge in [-0.3, -0.25) is 9.52 Å². The van der Waals surface area contributed by atoms with Gasteiger partial charge < -0.3 is 10.1 Å². The summed E-state index contributed by atoms with van der Waals surface area (Å²) in [4.78, 5) is 24.6. The minimum Gasteiger partial charge on any atom is -0.449 e. The largest absolute Gasteiger partial charge is 0.449 e. The average molecular weight is 499 g/mol. The van der Waals surface area contributed by atoms with Gasteiger partial charge in [-0.1, -0.05) is 29.3 Å². The lowest BCUT2D eigenvalue weighted by molar-refractivity contribution is -0.123. The first-order valence-electron chi connectivity index (χ1n) is 8.79. The Morgan fingerprint density at radius 3 is 2.42 bits per heavy atom. The first-order chi connectivity index (χ1) is 14.7. The number of carbonyl (C=O) groups is 2. The van der Waals surface area contributed by atoms with Gasteiger partial charge in [0.25, 0.3) is 15.9 Å². The summed E-state index contributed by atoms with van der Waals surface area (Å²) in [5, 5.41) is 4.88. The Balaban J connectivity index is 1.61. The van der Waals surface area contributed by atoms with E-state index in [1.807, 2.05) is 0 Å². The van der Waals surface area contributed by atoms with Crippen molar-refractivity contribution >= 4 is 67.8 Å². The Bertz CT molecular complexity index is 1200. The third-order valence-electron chi connectivity index (χ3n) is 3.97. The van der Waals surface area contributed by atoms with Gasteiger partial charge in [0.15, 0.2) is 6.10 Å². The highest BCUT2D eigenvalue weighted by molar-refractivity contribution is 7.94. The third-order valence-corrected chi connectivity index (χ3v) is 7.32. The zero-order valence-electron chi connectivity index (χ0n) is 16.0. The molecule has 3 rings (SSSR count). The predicted molar refractivity (Wildman–Crippen MR) is 122 cm³/mol. The molecule has 1 heterocycles. The molecule has 1 atom stereocenters. The van der Waals surface area contributed by atoms with Crippen LogP contribution in [0.5, 0.6) is 0 Å². The lowest BCUT2D eigenvalue weighted by Crippen LogP contribution is -2.30. The topological polar surface area (TPSA) is 102 Å². The van der Waals surface area contributed by atoms with Crippen LogP contribution in [0.4, 0.5) is 11.4 Å². The minimum atomic E-state index is -3.69. The maximum atomic E-state index is 12.3. The summed E-state index contributed by atoms with van der Waals surface area (Å²) in [7, 11) is -3.69. The van der Waals surface area contributed by atoms with Crippen molar-refractivity contribution in [2.45, 2.75) is 17.2 Å². The fraction of sp³-hybridized carbons (Fsp3) is 0.100. The minimum absolute atomic E-state index is 0.152. The lowest BCUT2D eigenvalue weighted by atomic mass is 10.2. The van der Waals surface area contributed by atoms with E-state index in [1.165, 1.54) is 49.4 Å². The van der Waals surface area contributed by atoms with Crippen LogP contribution in [0.2, 0.25) is 10.0 Å². The summed E-state index contributed by atoms with van der Waals surface area (Å²) in [6, 6.07) is 13.4. The van der Waals surface area contributed by atoms with Crippen molar-refractivity contribution in [3.8, 4) is 0 Å². The van der Waals surface area contributed by atoms with Gasteiger partial charge in [0.2, 0.25) is 0 Å². The smallest absolute Gasteiger partial charge is 0.338 e. The summed E-state index contributed by atoms with van der Waals surface area (Å²) in [6.45, 7) is 1.41. The molecule has 0 spiro atoms. The molecule has 1 amide bonds. The molecule has 3 aromatic rings. The standard InChI is InChI=1S/C20H16Cl2N2O5S2/c1-12(19(25)23-17-11-14(21)6-9-16(17)22)29-20(26)13-4-7-15(8-5-13)24-31(27,28)18-3-2-10-30-18/h2-12,24H,1H3,(H,23,25)/t12-/m0/s1. The number of rotatable bonds is 7. The Kier molecular flexibility index (Phi) is 7.22. The molecular formula is C20H16Cl2N2O5S2. The van der Waals surface area contributed by atoms with Gasteiger partial charge in [-0.05, 0) is 60.8 Å². The summed E-state index contributed by atoms with van der Waals surface area (Å²) in [6.07, 6.45) is -1.11. The first-order valence-corrected chi connectivity index (χ1v) is 11.9. The summed E-state index contributed by atoms with van der Waals surface area (Å²) in [5.74, 6) is -1.33. The quantitative estimate of drug-likeness (QED) is 0.444. The monoisotopic (exact) mass is 498 g/mol. The Morgan fingerprint density at radius 2 is 1.77 bits per heavy atom. The molecule has 162 valence electrons. The van der Waals surface area contributed by atoms with E-state index in [0.29, 0.717) is 10.7 Å². The molecule has 2 aromatic carbocycles. The molecular weight excluding hydrogens is 483 g/mol. The maximum Gasteiger partial charge on any atom is 0.338 e. The predicted octanol–water partition coefficient (Wildman–Crippen LogP) is 5.04. The average Bonchev–Trinajstić information content (AvgIpc) is 3.27. The zero-order chi connectivity index (χ0) is 22.6. The van der Waals surface area contributed by atoms with Gasteiger partial charge in [-0.25, -0.2) is 13.2 Å². The summed E-state index contributed by atoms with van der Waals surface area (Å²) in [5.41, 5.74) is 0.732. The summed E-state index contributed by atoms with van der Waals surface area (Å²) >= 11 is 13.0. The molecule has 0 fully saturated rings. The molecule has 1 aromatic heterocycles. The van der Waals surface area contributed by atoms with Crippen molar-refractivity contribution in [3.05, 3.63) is 75.6 Å². The molecule has 0 aliphatic heterocycles. The molecule has 0 bridgehead atoms. The van der Waals surface area contributed by atoms with Crippen LogP contribution in [0.1, 0.15) is 17.3 Å². The molecule has 0 saturated heterocycles. The number of benzene rings is 2. The van der Waals surface area contributed by atoms with Crippen LogP contribution in [0.3, 0.4) is 0 Å². The second-order valence-electron chi connectivity index (χ2n) is 6.28. The van der Waals surface area contributed by atoms with Gasteiger partial charge in [0.1, 0.15) is 4.21 Å². The Labute approximate surface area is 193 Å². The molecule has 0 aliphatic carbocycles. The Morgan fingerprint density at radius 1 is 1.06 bits per heavy atom. The highest BCUT2D eigenvalue weighted by atomic mass is 35.5. The molecule has 0 unspecified atom stereocenters. The fourth-order valence-electron chi connectivity index (χ4n) is 2.41. The molecule has 0 saturated carbocycles. The van der Waals surface area contributed by atoms with Crippen LogP contribution in [-0.2, 0) is 19.6 Å². The second kappa shape index (κ2) is 9.69. The first kappa shape index (κ1) is 23.1. The number of esters is 1. The van der Waals surface area contributed by atoms with E-state index in [4.69, 9.17) is 27.9 Å². The molecule has 0 radical (unpaired) electrons. The number of hydrogen-bond donors (Lipinski definition) is 2. The SMILES string of the molecule is C[C@H](OC(=O)c1ccc(NS(=O)(=O)c2cccs2)cc1)C(=O)Nc1cc(Cl)ccc1Cl. The molecule has 31 heavy (non-hydrogen) atoms. The van der Waals surface area contributed by atoms with Crippen LogP contribution in [0.15, 0.2) is 64.2 Å². The zero-order valence-corrected chi connectivity index (χ0v) is 19.1. The summed E-state index contributed by atoms with van der Waals surface area (Å²) < 4.78 is 32.3. The van der Waals surface area contributed by atoms with Gasteiger partial charge in [-0.2, -0.15) is 0 Å². The molecule has 7 nitrogen and oxygen atoms in total. The van der Waals surface area contributed by atoms with Gasteiger partial charge in [0.05, 0.1) is 16.3 Å². The number of halogens is 2. The lowest BCUT2D eigenvalue weighted by Gasteiger charge is -2.14. The highest BCUT2D eigenvalue weighted by Crippen LogP contribution is 2.26. The molecule has 2 N–H and O–H groups in total. The van der Waals surface area contributed by atoms with E-state index in [9.17, 15) is 18.0 Å². The number of thiophene rings is 1. The van der Waals surface area contributed by atoms with E-state index in [-0.39, 0.29) is 20.5 Å². The van der Waals surface area contributed by atoms with Gasteiger partial charge in [-0.15, -0.1) is 11.3 Å². The second-order valence-corrected chi connectivity index (χ2v) is 9.98. The van der Waals surface area contributed by atoms with Gasteiger partial charge >= 0.3 is 5.97 Å². The normalized spacial score (nSPS) is 12.1. The van der Waals surface area contributed by atoms with Crippen molar-refractivity contribution in [2.24, 2.45) is 0 Å². The maximum absolute atomic E-state index is 12.3. The number of anilines is 2. The fourth-order valence-corrected chi connectivity index (χ4v) is 4.79. The highest BCUT2D eigenvalue weighted by Gasteiger charge is 2.20. The van der Waals surface area contributed by atoms with E-state index in [0.717, 1.165) is 11.3 Å². The van der Waals surface area contributed by atoms with E-state index >= 15 is 0 Å². The molecule has 0 aliphatic rings. The number of carbonyl (C=O) groups excluding carboxylic acids is 2.